The van der Waals surface area contributed by atoms with E-state index in [1.807, 2.05) is 0 Å². The molecule has 0 aliphatic carbocycles. The average molecular weight is 497 g/mol. The second-order valence-corrected chi connectivity index (χ2v) is 10.8. The Morgan fingerprint density at radius 3 is 2.73 bits per heavy atom. The first-order valence-electron chi connectivity index (χ1n) is 13.7. The number of fused-ring (bicyclic) bond motifs is 2. The Bertz CT molecular complexity index is 1300. The molecule has 0 bridgehead atoms. The van der Waals surface area contributed by atoms with Gasteiger partial charge in [-0.3, -0.25) is 0 Å². The Hall–Kier alpha value is -3.37. The zero-order chi connectivity index (χ0) is 25.2. The van der Waals surface area contributed by atoms with E-state index >= 15 is 0 Å². The van der Waals surface area contributed by atoms with E-state index in [-0.39, 0.29) is 0 Å². The van der Waals surface area contributed by atoms with Gasteiger partial charge in [0.25, 0.3) is 0 Å². The van der Waals surface area contributed by atoms with Gasteiger partial charge in [0.2, 0.25) is 6.54 Å². The molecule has 0 N–H and O–H groups in total. The molecule has 1 unspecified atom stereocenters. The smallest absolute Gasteiger partial charge is 0.318 e. The molecule has 37 heavy (non-hydrogen) atoms. The Balaban J connectivity index is 1.32. The minimum absolute atomic E-state index is 0.407. The van der Waals surface area contributed by atoms with Gasteiger partial charge in [-0.2, -0.15) is 9.97 Å². The van der Waals surface area contributed by atoms with E-state index in [9.17, 15) is 0 Å². The number of likely N-dealkylation sites (N-methyl/N-ethyl adjacent to an activating group) is 1. The number of benzene rings is 2. The van der Waals surface area contributed by atoms with Gasteiger partial charge in [0, 0.05) is 48.2 Å². The Labute approximate surface area is 219 Å². The second-order valence-electron chi connectivity index (χ2n) is 10.8. The maximum Gasteiger partial charge on any atom is 0.318 e. The van der Waals surface area contributed by atoms with Crippen molar-refractivity contribution in [2.24, 2.45) is 5.92 Å². The largest absolute Gasteiger partial charge is 0.462 e. The van der Waals surface area contributed by atoms with Crippen LogP contribution in [-0.4, -0.2) is 67.3 Å². The van der Waals surface area contributed by atoms with E-state index in [0.29, 0.717) is 31.1 Å². The van der Waals surface area contributed by atoms with Crippen LogP contribution in [0.15, 0.2) is 42.5 Å². The van der Waals surface area contributed by atoms with Crippen LogP contribution in [0.3, 0.4) is 0 Å². The van der Waals surface area contributed by atoms with Crippen molar-refractivity contribution in [1.29, 1.82) is 0 Å². The molecule has 6 rings (SSSR count). The monoisotopic (exact) mass is 496 g/mol. The van der Waals surface area contributed by atoms with Crippen molar-refractivity contribution in [3.8, 4) is 6.01 Å². The standard InChI is InChI=1S/C30H36N6O/c1-31-18-22-8-6-16-36(19-22)29-26-14-17-35(28-13-5-10-23-9-3-4-12-25(23)28)20-27(26)32-30(33-29)37-21-24-11-7-15-34(24)2/h3-5,9-10,12-13,22,24H,6-8,11,14-21H2,2H3/t22?,24-/m0/s1. The number of nitrogens with zero attached hydrogens (tertiary/aromatic N) is 6. The number of rotatable bonds is 6. The van der Waals surface area contributed by atoms with Crippen LogP contribution in [0.2, 0.25) is 0 Å². The van der Waals surface area contributed by atoms with Gasteiger partial charge >= 0.3 is 6.01 Å². The lowest BCUT2D eigenvalue weighted by Crippen LogP contribution is -2.39. The van der Waals surface area contributed by atoms with Crippen LogP contribution in [0.4, 0.5) is 11.5 Å². The van der Waals surface area contributed by atoms with Gasteiger partial charge < -0.3 is 24.3 Å². The number of ether oxygens (including phenoxy) is 1. The van der Waals surface area contributed by atoms with Crippen molar-refractivity contribution < 1.29 is 4.74 Å². The maximum atomic E-state index is 7.36. The van der Waals surface area contributed by atoms with Gasteiger partial charge in [-0.05, 0) is 57.1 Å². The highest BCUT2D eigenvalue weighted by molar-refractivity contribution is 5.94. The maximum absolute atomic E-state index is 7.36. The number of piperidine rings is 1. The molecule has 2 saturated heterocycles. The van der Waals surface area contributed by atoms with Crippen molar-refractivity contribution >= 4 is 22.3 Å². The van der Waals surface area contributed by atoms with Gasteiger partial charge in [0.1, 0.15) is 12.4 Å². The van der Waals surface area contributed by atoms with Gasteiger partial charge in [-0.15, -0.1) is 0 Å². The molecular weight excluding hydrogens is 460 g/mol. The lowest BCUT2D eigenvalue weighted by atomic mass is 9.96. The summed E-state index contributed by atoms with van der Waals surface area (Å²) >= 11 is 0. The number of likely N-dealkylation sites (tertiary alicyclic amines) is 1. The summed E-state index contributed by atoms with van der Waals surface area (Å²) in [7, 11) is 2.17. The van der Waals surface area contributed by atoms with Crippen molar-refractivity contribution in [2.75, 3.05) is 56.2 Å². The number of hydrogen-bond donors (Lipinski definition) is 0. The van der Waals surface area contributed by atoms with E-state index in [0.717, 1.165) is 69.9 Å². The van der Waals surface area contributed by atoms with Crippen LogP contribution in [0.5, 0.6) is 6.01 Å². The minimum Gasteiger partial charge on any atom is -0.462 e. The number of aromatic nitrogens is 2. The molecule has 7 heteroatoms. The summed E-state index contributed by atoms with van der Waals surface area (Å²) in [6, 6.07) is 16.1. The predicted molar refractivity (Wildman–Crippen MR) is 148 cm³/mol. The number of hydrogen-bond acceptors (Lipinski definition) is 6. The van der Waals surface area contributed by atoms with Gasteiger partial charge in [-0.1, -0.05) is 36.4 Å². The van der Waals surface area contributed by atoms with Crippen LogP contribution in [0.1, 0.15) is 36.9 Å². The number of anilines is 2. The predicted octanol–water partition coefficient (Wildman–Crippen LogP) is 4.80. The summed E-state index contributed by atoms with van der Waals surface area (Å²) < 4.78 is 6.29. The summed E-state index contributed by atoms with van der Waals surface area (Å²) in [4.78, 5) is 20.9. The first-order valence-corrected chi connectivity index (χ1v) is 13.7. The third-order valence-electron chi connectivity index (χ3n) is 8.37. The SMILES string of the molecule is [C-]#[N+]CC1CCCN(c2nc(OC[C@@H]3CCCN3C)nc3c2CCN(c2cccc4ccccc24)C3)C1. The summed E-state index contributed by atoms with van der Waals surface area (Å²) in [6.45, 7) is 13.3. The molecule has 1 aromatic heterocycles. The molecule has 0 saturated carbocycles. The zero-order valence-electron chi connectivity index (χ0n) is 21.8. The fraction of sp³-hybridized carbons (Fsp3) is 0.500. The first kappa shape index (κ1) is 24.0. The van der Waals surface area contributed by atoms with Crippen molar-refractivity contribution in [1.82, 2.24) is 14.9 Å². The molecule has 0 radical (unpaired) electrons. The minimum atomic E-state index is 0.407. The van der Waals surface area contributed by atoms with Crippen LogP contribution >= 0.6 is 0 Å². The zero-order valence-corrected chi connectivity index (χ0v) is 21.8. The second kappa shape index (κ2) is 10.5. The molecule has 2 atom stereocenters. The third kappa shape index (κ3) is 4.95. The molecule has 4 heterocycles. The first-order chi connectivity index (χ1) is 18.2. The fourth-order valence-electron chi connectivity index (χ4n) is 6.30. The normalized spacial score (nSPS) is 22.2. The van der Waals surface area contributed by atoms with Crippen LogP contribution in [0, 0.1) is 12.5 Å². The van der Waals surface area contributed by atoms with E-state index in [1.54, 1.807) is 0 Å². The third-order valence-corrected chi connectivity index (χ3v) is 8.37. The highest BCUT2D eigenvalue weighted by Gasteiger charge is 2.30. The lowest BCUT2D eigenvalue weighted by Gasteiger charge is -2.36. The van der Waals surface area contributed by atoms with E-state index in [1.165, 1.54) is 28.4 Å². The molecule has 2 fully saturated rings. The molecule has 3 aliphatic rings. The van der Waals surface area contributed by atoms with E-state index < -0.39 is 0 Å². The topological polar surface area (TPSA) is 49.1 Å². The summed E-state index contributed by atoms with van der Waals surface area (Å²) in [5.74, 6) is 1.44. The van der Waals surface area contributed by atoms with Crippen molar-refractivity contribution in [3.05, 3.63) is 65.1 Å². The molecule has 3 aromatic rings. The van der Waals surface area contributed by atoms with E-state index in [2.05, 4.69) is 69.1 Å². The molecule has 7 nitrogen and oxygen atoms in total. The fourth-order valence-corrected chi connectivity index (χ4v) is 6.30. The van der Waals surface area contributed by atoms with Gasteiger partial charge in [-0.25, -0.2) is 6.57 Å². The van der Waals surface area contributed by atoms with Gasteiger partial charge in [0.05, 0.1) is 12.2 Å². The Morgan fingerprint density at radius 1 is 1.00 bits per heavy atom. The summed E-state index contributed by atoms with van der Waals surface area (Å²) in [5.41, 5.74) is 3.59. The average Bonchev–Trinajstić information content (AvgIpc) is 3.35. The summed E-state index contributed by atoms with van der Waals surface area (Å²) in [6.07, 6.45) is 5.51. The Morgan fingerprint density at radius 2 is 1.86 bits per heavy atom. The molecular formula is C30H36N6O. The van der Waals surface area contributed by atoms with Crippen molar-refractivity contribution in [3.63, 3.8) is 0 Å². The molecule has 2 aromatic carbocycles. The molecule has 0 amide bonds. The highest BCUT2D eigenvalue weighted by atomic mass is 16.5. The van der Waals surface area contributed by atoms with Gasteiger partial charge in [0.15, 0.2) is 0 Å². The van der Waals surface area contributed by atoms with E-state index in [4.69, 9.17) is 21.3 Å². The molecule has 0 spiro atoms. The van der Waals surface area contributed by atoms with Crippen LogP contribution < -0.4 is 14.5 Å². The van der Waals surface area contributed by atoms with Crippen LogP contribution in [0.25, 0.3) is 15.6 Å². The summed E-state index contributed by atoms with van der Waals surface area (Å²) in [5, 5.41) is 2.54. The molecule has 192 valence electrons. The Kier molecular flexibility index (Phi) is 6.84. The highest BCUT2D eigenvalue weighted by Crippen LogP contribution is 2.35. The molecule has 3 aliphatic heterocycles. The lowest BCUT2D eigenvalue weighted by molar-refractivity contribution is 0.187. The van der Waals surface area contributed by atoms with Crippen molar-refractivity contribution in [2.45, 2.75) is 44.7 Å². The quantitative estimate of drug-likeness (QED) is 0.457. The van der Waals surface area contributed by atoms with Crippen LogP contribution in [-0.2, 0) is 13.0 Å².